The van der Waals surface area contributed by atoms with Crippen LogP contribution in [0, 0.1) is 0 Å². The molecular weight excluding hydrogens is 266 g/mol. The fourth-order valence-electron chi connectivity index (χ4n) is 2.77. The van der Waals surface area contributed by atoms with Crippen molar-refractivity contribution in [1.82, 2.24) is 15.1 Å². The Morgan fingerprint density at radius 1 is 1.38 bits per heavy atom. The van der Waals surface area contributed by atoms with Crippen LogP contribution in [0.3, 0.4) is 0 Å². The summed E-state index contributed by atoms with van der Waals surface area (Å²) in [6.45, 7) is 11.2. The van der Waals surface area contributed by atoms with Crippen LogP contribution in [0.1, 0.15) is 40.5 Å². The van der Waals surface area contributed by atoms with E-state index in [0.717, 1.165) is 25.9 Å². The maximum atomic E-state index is 12.4. The van der Waals surface area contributed by atoms with Gasteiger partial charge in [0.2, 0.25) is 0 Å². The molecule has 21 heavy (non-hydrogen) atoms. The van der Waals surface area contributed by atoms with Gasteiger partial charge in [-0.05, 0) is 54.3 Å². The van der Waals surface area contributed by atoms with E-state index < -0.39 is 5.54 Å². The third-order valence-electron chi connectivity index (χ3n) is 4.00. The van der Waals surface area contributed by atoms with Crippen molar-refractivity contribution in [2.75, 3.05) is 40.3 Å². The molecule has 1 fully saturated rings. The van der Waals surface area contributed by atoms with Crippen molar-refractivity contribution in [3.05, 3.63) is 0 Å². The molecule has 0 aliphatic heterocycles. The first-order valence-electron chi connectivity index (χ1n) is 8.16. The second kappa shape index (κ2) is 8.11. The van der Waals surface area contributed by atoms with Gasteiger partial charge in [-0.3, -0.25) is 15.0 Å². The Morgan fingerprint density at radius 2 is 2.00 bits per heavy atom. The zero-order valence-corrected chi connectivity index (χ0v) is 14.6. The van der Waals surface area contributed by atoms with Crippen molar-refractivity contribution >= 4 is 5.97 Å². The van der Waals surface area contributed by atoms with Crippen LogP contribution in [0.15, 0.2) is 0 Å². The monoisotopic (exact) mass is 299 g/mol. The van der Waals surface area contributed by atoms with Crippen LogP contribution in [0.25, 0.3) is 0 Å². The van der Waals surface area contributed by atoms with Gasteiger partial charge in [-0.1, -0.05) is 6.92 Å². The van der Waals surface area contributed by atoms with E-state index >= 15 is 0 Å². The summed E-state index contributed by atoms with van der Waals surface area (Å²) in [6.07, 6.45) is 2.32. The SMILES string of the molecule is CCOC(=O)C(C)(CN(CC)C(C)CN(C)C)NC1CC1. The van der Waals surface area contributed by atoms with Gasteiger partial charge < -0.3 is 9.64 Å². The smallest absolute Gasteiger partial charge is 0.327 e. The predicted octanol–water partition coefficient (Wildman–Crippen LogP) is 1.33. The number of hydrogen-bond donors (Lipinski definition) is 1. The van der Waals surface area contributed by atoms with Crippen molar-refractivity contribution in [2.45, 2.75) is 58.2 Å². The van der Waals surface area contributed by atoms with Crippen LogP contribution in [0.4, 0.5) is 0 Å². The number of nitrogens with one attached hydrogen (secondary N) is 1. The largest absolute Gasteiger partial charge is 0.465 e. The number of likely N-dealkylation sites (N-methyl/N-ethyl adjacent to an activating group) is 2. The molecular formula is C16H33N3O2. The van der Waals surface area contributed by atoms with E-state index in [0.29, 0.717) is 25.2 Å². The summed E-state index contributed by atoms with van der Waals surface area (Å²) >= 11 is 0. The Balaban J connectivity index is 2.74. The second-order valence-electron chi connectivity index (χ2n) is 6.65. The lowest BCUT2D eigenvalue weighted by Gasteiger charge is -2.38. The molecule has 0 heterocycles. The van der Waals surface area contributed by atoms with Gasteiger partial charge in [0.05, 0.1) is 6.61 Å². The third-order valence-corrected chi connectivity index (χ3v) is 4.00. The Hall–Kier alpha value is -0.650. The highest BCUT2D eigenvalue weighted by Crippen LogP contribution is 2.24. The van der Waals surface area contributed by atoms with E-state index in [2.05, 4.69) is 43.1 Å². The number of rotatable bonds is 10. The third kappa shape index (κ3) is 5.93. The minimum atomic E-state index is -0.617. The number of esters is 1. The van der Waals surface area contributed by atoms with Crippen LogP contribution in [0.2, 0.25) is 0 Å². The molecule has 2 atom stereocenters. The predicted molar refractivity (Wildman–Crippen MR) is 86.5 cm³/mol. The number of carbonyl (C=O) groups excluding carboxylic acids is 1. The molecule has 1 saturated carbocycles. The van der Waals surface area contributed by atoms with E-state index in [-0.39, 0.29) is 5.97 Å². The molecule has 0 spiro atoms. The fourth-order valence-corrected chi connectivity index (χ4v) is 2.77. The summed E-state index contributed by atoms with van der Waals surface area (Å²) in [7, 11) is 4.16. The topological polar surface area (TPSA) is 44.8 Å². The summed E-state index contributed by atoms with van der Waals surface area (Å²) < 4.78 is 5.30. The van der Waals surface area contributed by atoms with Crippen molar-refractivity contribution in [2.24, 2.45) is 0 Å². The standard InChI is InChI=1S/C16H33N3O2/c1-7-19(13(3)11-18(5)6)12-16(4,15(20)21-8-2)17-14-9-10-14/h13-14,17H,7-12H2,1-6H3. The molecule has 0 aromatic carbocycles. The maximum absolute atomic E-state index is 12.4. The average Bonchev–Trinajstić information content (AvgIpc) is 3.19. The molecule has 2 unspecified atom stereocenters. The lowest BCUT2D eigenvalue weighted by molar-refractivity contribution is -0.151. The summed E-state index contributed by atoms with van der Waals surface area (Å²) in [4.78, 5) is 16.9. The molecule has 0 amide bonds. The zero-order valence-electron chi connectivity index (χ0n) is 14.6. The van der Waals surface area contributed by atoms with E-state index in [4.69, 9.17) is 4.74 Å². The van der Waals surface area contributed by atoms with Gasteiger partial charge in [0.25, 0.3) is 0 Å². The second-order valence-corrected chi connectivity index (χ2v) is 6.65. The first-order chi connectivity index (χ1) is 9.82. The minimum absolute atomic E-state index is 0.132. The molecule has 0 aromatic heterocycles. The molecule has 1 aliphatic rings. The first kappa shape index (κ1) is 18.4. The average molecular weight is 299 g/mol. The maximum Gasteiger partial charge on any atom is 0.327 e. The highest BCUT2D eigenvalue weighted by molar-refractivity contribution is 5.80. The van der Waals surface area contributed by atoms with Gasteiger partial charge in [0.1, 0.15) is 5.54 Å². The van der Waals surface area contributed by atoms with Crippen molar-refractivity contribution in [3.8, 4) is 0 Å². The van der Waals surface area contributed by atoms with Crippen molar-refractivity contribution in [3.63, 3.8) is 0 Å². The van der Waals surface area contributed by atoms with Gasteiger partial charge in [-0.15, -0.1) is 0 Å². The van der Waals surface area contributed by atoms with E-state index in [1.165, 1.54) is 0 Å². The van der Waals surface area contributed by atoms with Gasteiger partial charge in [0, 0.05) is 25.2 Å². The first-order valence-corrected chi connectivity index (χ1v) is 8.16. The minimum Gasteiger partial charge on any atom is -0.465 e. The summed E-state index contributed by atoms with van der Waals surface area (Å²) in [5, 5.41) is 3.50. The van der Waals surface area contributed by atoms with Crippen LogP contribution < -0.4 is 5.32 Å². The Morgan fingerprint density at radius 3 is 2.43 bits per heavy atom. The molecule has 0 radical (unpaired) electrons. The summed E-state index contributed by atoms with van der Waals surface area (Å²) in [5.41, 5.74) is -0.617. The van der Waals surface area contributed by atoms with E-state index in [1.807, 2.05) is 13.8 Å². The Labute approximate surface area is 130 Å². The number of nitrogens with zero attached hydrogens (tertiary/aromatic N) is 2. The van der Waals surface area contributed by atoms with Crippen molar-refractivity contribution < 1.29 is 9.53 Å². The molecule has 0 bridgehead atoms. The van der Waals surface area contributed by atoms with Gasteiger partial charge in [-0.2, -0.15) is 0 Å². The van der Waals surface area contributed by atoms with Crippen LogP contribution in [0.5, 0.6) is 0 Å². The Bertz CT molecular complexity index is 331. The Kier molecular flexibility index (Phi) is 7.10. The zero-order chi connectivity index (χ0) is 16.0. The van der Waals surface area contributed by atoms with Gasteiger partial charge in [-0.25, -0.2) is 0 Å². The highest BCUT2D eigenvalue weighted by Gasteiger charge is 2.41. The molecule has 124 valence electrons. The van der Waals surface area contributed by atoms with Crippen molar-refractivity contribution in [1.29, 1.82) is 0 Å². The number of hydrogen-bond acceptors (Lipinski definition) is 5. The summed E-state index contributed by atoms with van der Waals surface area (Å²) in [6, 6.07) is 0.877. The molecule has 0 aromatic rings. The molecule has 0 saturated heterocycles. The van der Waals surface area contributed by atoms with Gasteiger partial charge in [0.15, 0.2) is 0 Å². The lowest BCUT2D eigenvalue weighted by atomic mass is 10.00. The quantitative estimate of drug-likeness (QED) is 0.617. The van der Waals surface area contributed by atoms with E-state index in [9.17, 15) is 4.79 Å². The number of carbonyl (C=O) groups is 1. The molecule has 1 rings (SSSR count). The van der Waals surface area contributed by atoms with Crippen LogP contribution in [-0.4, -0.2) is 73.7 Å². The lowest BCUT2D eigenvalue weighted by Crippen LogP contribution is -2.60. The van der Waals surface area contributed by atoms with E-state index in [1.54, 1.807) is 0 Å². The normalized spacial score (nSPS) is 19.6. The highest BCUT2D eigenvalue weighted by atomic mass is 16.5. The molecule has 5 heteroatoms. The van der Waals surface area contributed by atoms with Gasteiger partial charge >= 0.3 is 5.97 Å². The molecule has 1 aliphatic carbocycles. The van der Waals surface area contributed by atoms with Crippen LogP contribution in [-0.2, 0) is 9.53 Å². The molecule has 5 nitrogen and oxygen atoms in total. The van der Waals surface area contributed by atoms with Crippen LogP contribution >= 0.6 is 0 Å². The fraction of sp³-hybridized carbons (Fsp3) is 0.938. The molecule has 1 N–H and O–H groups in total. The number of ether oxygens (including phenoxy) is 1. The summed E-state index contributed by atoms with van der Waals surface area (Å²) in [5.74, 6) is -0.132.